The molecule has 2 aromatic rings. The number of benzene rings is 2. The van der Waals surface area contributed by atoms with Crippen molar-refractivity contribution in [3.8, 4) is 0 Å². The van der Waals surface area contributed by atoms with Crippen molar-refractivity contribution in [2.75, 3.05) is 0 Å². The highest BCUT2D eigenvalue weighted by Crippen LogP contribution is 2.17. The summed E-state index contributed by atoms with van der Waals surface area (Å²) in [6.45, 7) is 4.50. The Balaban J connectivity index is 2.38. The van der Waals surface area contributed by atoms with E-state index in [1.807, 2.05) is 56.3 Å². The summed E-state index contributed by atoms with van der Waals surface area (Å²) in [6, 6.07) is 13.3. The van der Waals surface area contributed by atoms with Crippen LogP contribution < -0.4 is 5.73 Å². The molecular formula is C16H17NO. The summed E-state index contributed by atoms with van der Waals surface area (Å²) in [5.41, 5.74) is 10.2. The second-order valence-corrected chi connectivity index (χ2v) is 4.48. The fraction of sp³-hybridized carbons (Fsp3) is 0.188. The highest BCUT2D eigenvalue weighted by molar-refractivity contribution is 6.10. The molecule has 2 heteroatoms. The van der Waals surface area contributed by atoms with Crippen molar-refractivity contribution in [2.24, 2.45) is 5.73 Å². The monoisotopic (exact) mass is 239 g/mol. The number of ketones is 1. The van der Waals surface area contributed by atoms with E-state index in [-0.39, 0.29) is 5.78 Å². The summed E-state index contributed by atoms with van der Waals surface area (Å²) in [6.07, 6.45) is 0. The molecule has 0 heterocycles. The van der Waals surface area contributed by atoms with Gasteiger partial charge in [-0.05, 0) is 30.5 Å². The molecule has 0 saturated heterocycles. The lowest BCUT2D eigenvalue weighted by Gasteiger charge is -2.08. The molecule has 0 spiro atoms. The van der Waals surface area contributed by atoms with E-state index in [4.69, 9.17) is 5.73 Å². The van der Waals surface area contributed by atoms with Crippen molar-refractivity contribution in [1.29, 1.82) is 0 Å². The van der Waals surface area contributed by atoms with Gasteiger partial charge in [0.05, 0.1) is 0 Å². The van der Waals surface area contributed by atoms with Crippen LogP contribution in [0, 0.1) is 13.8 Å². The Bertz CT molecular complexity index is 570. The second kappa shape index (κ2) is 5.15. The van der Waals surface area contributed by atoms with Crippen molar-refractivity contribution in [3.05, 3.63) is 70.3 Å². The Morgan fingerprint density at radius 1 is 1.06 bits per heavy atom. The second-order valence-electron chi connectivity index (χ2n) is 4.48. The largest absolute Gasteiger partial charge is 0.326 e. The maximum Gasteiger partial charge on any atom is 0.193 e. The first kappa shape index (κ1) is 12.5. The molecule has 0 aliphatic carbocycles. The van der Waals surface area contributed by atoms with Crippen LogP contribution in [0.1, 0.15) is 32.6 Å². The lowest BCUT2D eigenvalue weighted by atomic mass is 9.96. The third-order valence-corrected chi connectivity index (χ3v) is 3.30. The van der Waals surface area contributed by atoms with Crippen LogP contribution in [0.3, 0.4) is 0 Å². The number of rotatable bonds is 3. The molecule has 0 aromatic heterocycles. The van der Waals surface area contributed by atoms with Gasteiger partial charge in [0.25, 0.3) is 0 Å². The molecule has 0 saturated carbocycles. The van der Waals surface area contributed by atoms with Gasteiger partial charge in [-0.1, -0.05) is 42.5 Å². The first-order valence-electron chi connectivity index (χ1n) is 6.03. The van der Waals surface area contributed by atoms with Crippen molar-refractivity contribution in [2.45, 2.75) is 20.4 Å². The number of nitrogens with two attached hydrogens (primary N) is 1. The van der Waals surface area contributed by atoms with Gasteiger partial charge in [-0.3, -0.25) is 4.79 Å². The standard InChI is InChI=1S/C16H17NO/c1-11-4-3-5-15(12(11)2)16(18)14-8-6-13(10-17)7-9-14/h3-9H,10,17H2,1-2H3. The molecule has 0 amide bonds. The Morgan fingerprint density at radius 3 is 2.33 bits per heavy atom. The molecule has 18 heavy (non-hydrogen) atoms. The van der Waals surface area contributed by atoms with E-state index in [1.165, 1.54) is 0 Å². The SMILES string of the molecule is Cc1cccc(C(=O)c2ccc(CN)cc2)c1C. The molecule has 0 aliphatic heterocycles. The van der Waals surface area contributed by atoms with E-state index < -0.39 is 0 Å². The van der Waals surface area contributed by atoms with Crippen LogP contribution in [0.4, 0.5) is 0 Å². The van der Waals surface area contributed by atoms with Gasteiger partial charge in [-0.2, -0.15) is 0 Å². The zero-order valence-electron chi connectivity index (χ0n) is 10.7. The predicted molar refractivity (Wildman–Crippen MR) is 73.7 cm³/mol. The van der Waals surface area contributed by atoms with Gasteiger partial charge >= 0.3 is 0 Å². The zero-order chi connectivity index (χ0) is 13.1. The maximum absolute atomic E-state index is 12.4. The van der Waals surface area contributed by atoms with Gasteiger partial charge in [-0.15, -0.1) is 0 Å². The molecule has 0 unspecified atom stereocenters. The first-order chi connectivity index (χ1) is 8.63. The minimum Gasteiger partial charge on any atom is -0.326 e. The maximum atomic E-state index is 12.4. The third-order valence-electron chi connectivity index (χ3n) is 3.30. The van der Waals surface area contributed by atoms with E-state index in [1.54, 1.807) is 0 Å². The molecule has 0 fully saturated rings. The summed E-state index contributed by atoms with van der Waals surface area (Å²) in [5.74, 6) is 0.0692. The smallest absolute Gasteiger partial charge is 0.193 e. The third kappa shape index (κ3) is 2.34. The van der Waals surface area contributed by atoms with Crippen LogP contribution in [0.5, 0.6) is 0 Å². The fourth-order valence-corrected chi connectivity index (χ4v) is 1.94. The minimum atomic E-state index is 0.0692. The van der Waals surface area contributed by atoms with Crippen LogP contribution in [0.25, 0.3) is 0 Å². The van der Waals surface area contributed by atoms with E-state index in [0.29, 0.717) is 12.1 Å². The number of aryl methyl sites for hydroxylation is 1. The van der Waals surface area contributed by atoms with Gasteiger partial charge in [-0.25, -0.2) is 0 Å². The number of carbonyl (C=O) groups is 1. The fourth-order valence-electron chi connectivity index (χ4n) is 1.94. The summed E-state index contributed by atoms with van der Waals surface area (Å²) in [7, 11) is 0. The molecule has 2 aromatic carbocycles. The van der Waals surface area contributed by atoms with E-state index in [2.05, 4.69) is 0 Å². The highest BCUT2D eigenvalue weighted by atomic mass is 16.1. The molecule has 0 bridgehead atoms. The first-order valence-corrected chi connectivity index (χ1v) is 6.03. The summed E-state index contributed by atoms with van der Waals surface area (Å²) >= 11 is 0. The van der Waals surface area contributed by atoms with Crippen LogP contribution in [-0.4, -0.2) is 5.78 Å². The number of hydrogen-bond acceptors (Lipinski definition) is 2. The number of carbonyl (C=O) groups excluding carboxylic acids is 1. The number of hydrogen-bond donors (Lipinski definition) is 1. The van der Waals surface area contributed by atoms with Gasteiger partial charge in [0.2, 0.25) is 0 Å². The lowest BCUT2D eigenvalue weighted by molar-refractivity contribution is 0.103. The molecule has 0 radical (unpaired) electrons. The molecule has 0 aliphatic rings. The Labute approximate surface area is 107 Å². The van der Waals surface area contributed by atoms with Gasteiger partial charge in [0.15, 0.2) is 5.78 Å². The molecule has 92 valence electrons. The van der Waals surface area contributed by atoms with E-state index in [9.17, 15) is 4.79 Å². The average molecular weight is 239 g/mol. The quantitative estimate of drug-likeness (QED) is 0.837. The summed E-state index contributed by atoms with van der Waals surface area (Å²) in [5, 5.41) is 0. The van der Waals surface area contributed by atoms with Gasteiger partial charge in [0.1, 0.15) is 0 Å². The van der Waals surface area contributed by atoms with Crippen molar-refractivity contribution in [1.82, 2.24) is 0 Å². The van der Waals surface area contributed by atoms with E-state index in [0.717, 1.165) is 22.3 Å². The van der Waals surface area contributed by atoms with Crippen molar-refractivity contribution < 1.29 is 4.79 Å². The Hall–Kier alpha value is -1.93. The molecule has 2 nitrogen and oxygen atoms in total. The van der Waals surface area contributed by atoms with E-state index >= 15 is 0 Å². The lowest BCUT2D eigenvalue weighted by Crippen LogP contribution is -2.05. The van der Waals surface area contributed by atoms with Crippen LogP contribution in [0.2, 0.25) is 0 Å². The topological polar surface area (TPSA) is 43.1 Å². The van der Waals surface area contributed by atoms with Crippen LogP contribution in [0.15, 0.2) is 42.5 Å². The average Bonchev–Trinajstić information content (AvgIpc) is 2.41. The summed E-state index contributed by atoms with van der Waals surface area (Å²) in [4.78, 5) is 12.4. The Morgan fingerprint density at radius 2 is 1.72 bits per heavy atom. The normalized spacial score (nSPS) is 10.4. The van der Waals surface area contributed by atoms with Gasteiger partial charge < -0.3 is 5.73 Å². The zero-order valence-corrected chi connectivity index (χ0v) is 10.7. The molecule has 0 atom stereocenters. The van der Waals surface area contributed by atoms with Crippen LogP contribution >= 0.6 is 0 Å². The molecule has 2 N–H and O–H groups in total. The van der Waals surface area contributed by atoms with Crippen molar-refractivity contribution >= 4 is 5.78 Å². The summed E-state index contributed by atoms with van der Waals surface area (Å²) < 4.78 is 0. The molecular weight excluding hydrogens is 222 g/mol. The van der Waals surface area contributed by atoms with Crippen LogP contribution in [-0.2, 0) is 6.54 Å². The molecule has 2 rings (SSSR count). The van der Waals surface area contributed by atoms with Crippen molar-refractivity contribution in [3.63, 3.8) is 0 Å². The minimum absolute atomic E-state index is 0.0692. The highest BCUT2D eigenvalue weighted by Gasteiger charge is 2.12. The van der Waals surface area contributed by atoms with Gasteiger partial charge in [0, 0.05) is 17.7 Å². The Kier molecular flexibility index (Phi) is 3.58. The predicted octanol–water partition coefficient (Wildman–Crippen LogP) is 2.99.